The molecule has 2 heterocycles. The molecule has 17 heavy (non-hydrogen) atoms. The van der Waals surface area contributed by atoms with Gasteiger partial charge in [0.2, 0.25) is 5.28 Å². The molecular weight excluding hydrogens is 326 g/mol. The predicted octanol–water partition coefficient (Wildman–Crippen LogP) is 3.80. The number of nitrogens with zero attached hydrogens (tertiary/aromatic N) is 3. The third kappa shape index (κ3) is 3.14. The fourth-order valence-corrected chi connectivity index (χ4v) is 2.78. The number of hydrogen-bond acceptors (Lipinski definition) is 5. The molecule has 4 nitrogen and oxygen atoms in total. The molecule has 0 radical (unpaired) electrons. The van der Waals surface area contributed by atoms with Gasteiger partial charge in [0.05, 0.1) is 11.5 Å². The summed E-state index contributed by atoms with van der Waals surface area (Å²) in [6, 6.07) is 2.20. The van der Waals surface area contributed by atoms with Gasteiger partial charge in [0.15, 0.2) is 5.82 Å². The first kappa shape index (κ1) is 12.7. The van der Waals surface area contributed by atoms with E-state index in [1.807, 2.05) is 18.4 Å². The molecule has 0 bridgehead atoms. The third-order valence-electron chi connectivity index (χ3n) is 1.84. The summed E-state index contributed by atoms with van der Waals surface area (Å²) in [7, 11) is 0. The third-order valence-corrected chi connectivity index (χ3v) is 3.85. The van der Waals surface area contributed by atoms with Crippen LogP contribution >= 0.6 is 38.9 Å². The maximum absolute atomic E-state index is 5.85. The van der Waals surface area contributed by atoms with Crippen LogP contribution < -0.4 is 4.74 Å². The lowest BCUT2D eigenvalue weighted by molar-refractivity contribution is 0.291. The second kappa shape index (κ2) is 5.75. The normalized spacial score (nSPS) is 10.5. The van der Waals surface area contributed by atoms with Crippen molar-refractivity contribution in [1.82, 2.24) is 15.0 Å². The van der Waals surface area contributed by atoms with Crippen LogP contribution in [0.5, 0.6) is 6.01 Å². The highest BCUT2D eigenvalue weighted by Crippen LogP contribution is 2.32. The van der Waals surface area contributed by atoms with E-state index in [4.69, 9.17) is 16.3 Å². The Morgan fingerprint density at radius 3 is 2.88 bits per heavy atom. The highest BCUT2D eigenvalue weighted by molar-refractivity contribution is 9.10. The second-order valence-corrected chi connectivity index (χ2v) is 5.27. The van der Waals surface area contributed by atoms with Gasteiger partial charge in [-0.2, -0.15) is 15.0 Å². The lowest BCUT2D eigenvalue weighted by atomic mass is 10.4. The van der Waals surface area contributed by atoms with Gasteiger partial charge in [-0.3, -0.25) is 0 Å². The summed E-state index contributed by atoms with van der Waals surface area (Å²) in [5.74, 6) is 0.526. The van der Waals surface area contributed by atoms with Crippen LogP contribution in [0.15, 0.2) is 15.9 Å². The van der Waals surface area contributed by atoms with Gasteiger partial charge in [0.1, 0.15) is 0 Å². The zero-order valence-electron chi connectivity index (χ0n) is 8.98. The fourth-order valence-electron chi connectivity index (χ4n) is 1.14. The van der Waals surface area contributed by atoms with E-state index in [0.717, 1.165) is 15.8 Å². The molecule has 2 aromatic rings. The molecule has 0 unspecified atom stereocenters. The van der Waals surface area contributed by atoms with Gasteiger partial charge in [-0.05, 0) is 45.4 Å². The molecule has 0 atom stereocenters. The summed E-state index contributed by atoms with van der Waals surface area (Å²) in [5, 5.41) is 2.09. The van der Waals surface area contributed by atoms with Crippen LogP contribution in [-0.4, -0.2) is 21.6 Å². The molecule has 0 N–H and O–H groups in total. The minimum Gasteiger partial charge on any atom is -0.463 e. The molecule has 0 saturated carbocycles. The maximum Gasteiger partial charge on any atom is 0.321 e. The Morgan fingerprint density at radius 2 is 2.24 bits per heavy atom. The van der Waals surface area contributed by atoms with Gasteiger partial charge >= 0.3 is 6.01 Å². The Morgan fingerprint density at radius 1 is 1.41 bits per heavy atom. The first-order valence-corrected chi connectivity index (χ1v) is 7.03. The number of ether oxygens (including phenoxy) is 1. The molecule has 0 aliphatic heterocycles. The molecule has 0 aliphatic carbocycles. The lowest BCUT2D eigenvalue weighted by Gasteiger charge is -2.04. The quantitative estimate of drug-likeness (QED) is 0.853. The van der Waals surface area contributed by atoms with Crippen molar-refractivity contribution in [3.63, 3.8) is 0 Å². The smallest absolute Gasteiger partial charge is 0.321 e. The SMILES string of the molecule is CCCOc1nc(Cl)nc(-c2sccc2Br)n1. The average Bonchev–Trinajstić information content (AvgIpc) is 2.72. The van der Waals surface area contributed by atoms with Crippen molar-refractivity contribution >= 4 is 38.9 Å². The number of hydrogen-bond donors (Lipinski definition) is 0. The van der Waals surface area contributed by atoms with E-state index in [9.17, 15) is 0 Å². The van der Waals surface area contributed by atoms with Crippen LogP contribution in [0.3, 0.4) is 0 Å². The number of thiophene rings is 1. The number of aromatic nitrogens is 3. The summed E-state index contributed by atoms with van der Waals surface area (Å²) in [6.45, 7) is 2.57. The van der Waals surface area contributed by atoms with Crippen molar-refractivity contribution in [3.8, 4) is 16.7 Å². The molecular formula is C10H9BrClN3OS. The predicted molar refractivity (Wildman–Crippen MR) is 71.6 cm³/mol. The van der Waals surface area contributed by atoms with Gasteiger partial charge in [0.25, 0.3) is 0 Å². The minimum absolute atomic E-state index is 0.140. The van der Waals surface area contributed by atoms with Crippen molar-refractivity contribution in [2.24, 2.45) is 0 Å². The lowest BCUT2D eigenvalue weighted by Crippen LogP contribution is -2.02. The van der Waals surface area contributed by atoms with Crippen LogP contribution in [-0.2, 0) is 0 Å². The first-order chi connectivity index (χ1) is 8.20. The first-order valence-electron chi connectivity index (χ1n) is 4.98. The van der Waals surface area contributed by atoms with E-state index in [-0.39, 0.29) is 11.3 Å². The van der Waals surface area contributed by atoms with Crippen molar-refractivity contribution in [1.29, 1.82) is 0 Å². The molecule has 0 aromatic carbocycles. The Balaban J connectivity index is 2.35. The average molecular weight is 335 g/mol. The van der Waals surface area contributed by atoms with Gasteiger partial charge in [-0.15, -0.1) is 11.3 Å². The molecule has 0 fully saturated rings. The topological polar surface area (TPSA) is 47.9 Å². The van der Waals surface area contributed by atoms with Crippen LogP contribution in [0.2, 0.25) is 5.28 Å². The Bertz CT molecular complexity index is 520. The largest absolute Gasteiger partial charge is 0.463 e. The van der Waals surface area contributed by atoms with Gasteiger partial charge in [-0.1, -0.05) is 6.92 Å². The highest BCUT2D eigenvalue weighted by Gasteiger charge is 2.12. The van der Waals surface area contributed by atoms with Crippen molar-refractivity contribution < 1.29 is 4.74 Å². The number of rotatable bonds is 4. The molecule has 0 saturated heterocycles. The Hall–Kier alpha value is -0.720. The molecule has 0 aliphatic rings. The van der Waals surface area contributed by atoms with E-state index < -0.39 is 0 Å². The van der Waals surface area contributed by atoms with Crippen LogP contribution in [0.25, 0.3) is 10.7 Å². The summed E-state index contributed by atoms with van der Waals surface area (Å²) in [5.41, 5.74) is 0. The summed E-state index contributed by atoms with van der Waals surface area (Å²) < 4.78 is 6.29. The van der Waals surface area contributed by atoms with E-state index in [0.29, 0.717) is 12.4 Å². The van der Waals surface area contributed by atoms with E-state index in [1.165, 1.54) is 11.3 Å². The van der Waals surface area contributed by atoms with Gasteiger partial charge < -0.3 is 4.74 Å². The zero-order valence-corrected chi connectivity index (χ0v) is 12.1. The zero-order chi connectivity index (χ0) is 12.3. The maximum atomic E-state index is 5.85. The molecule has 2 rings (SSSR count). The molecule has 90 valence electrons. The Kier molecular flexibility index (Phi) is 4.31. The monoisotopic (exact) mass is 333 g/mol. The van der Waals surface area contributed by atoms with E-state index >= 15 is 0 Å². The minimum atomic E-state index is 0.140. The summed E-state index contributed by atoms with van der Waals surface area (Å²) in [4.78, 5) is 13.1. The van der Waals surface area contributed by atoms with Crippen LogP contribution in [0.1, 0.15) is 13.3 Å². The van der Waals surface area contributed by atoms with E-state index in [2.05, 4.69) is 30.9 Å². The summed E-state index contributed by atoms with van der Waals surface area (Å²) in [6.07, 6.45) is 0.890. The van der Waals surface area contributed by atoms with Crippen LogP contribution in [0.4, 0.5) is 0 Å². The second-order valence-electron chi connectivity index (χ2n) is 3.16. The van der Waals surface area contributed by atoms with Crippen molar-refractivity contribution in [2.75, 3.05) is 6.61 Å². The highest BCUT2D eigenvalue weighted by atomic mass is 79.9. The van der Waals surface area contributed by atoms with Crippen molar-refractivity contribution in [3.05, 3.63) is 21.2 Å². The van der Waals surface area contributed by atoms with Crippen molar-refractivity contribution in [2.45, 2.75) is 13.3 Å². The standard InChI is InChI=1S/C10H9BrClN3OS/c1-2-4-16-10-14-8(13-9(12)15-10)7-6(11)3-5-17-7/h3,5H,2,4H2,1H3. The summed E-state index contributed by atoms with van der Waals surface area (Å²) >= 11 is 10.8. The number of halogens is 2. The Labute approximate surface area is 116 Å². The van der Waals surface area contributed by atoms with Gasteiger partial charge in [-0.25, -0.2) is 0 Å². The molecule has 0 spiro atoms. The van der Waals surface area contributed by atoms with Gasteiger partial charge in [0, 0.05) is 4.47 Å². The fraction of sp³-hybridized carbons (Fsp3) is 0.300. The molecule has 2 aromatic heterocycles. The molecule has 7 heteroatoms. The molecule has 0 amide bonds. The van der Waals surface area contributed by atoms with E-state index in [1.54, 1.807) is 0 Å². The van der Waals surface area contributed by atoms with Crippen LogP contribution in [0, 0.1) is 0 Å².